The number of hydrogen-bond donors (Lipinski definition) is 2. The third kappa shape index (κ3) is 5.39. The van der Waals surface area contributed by atoms with Gasteiger partial charge in [0, 0.05) is 41.8 Å². The zero-order chi connectivity index (χ0) is 25.9. The summed E-state index contributed by atoms with van der Waals surface area (Å²) in [5, 5.41) is 10.2. The van der Waals surface area contributed by atoms with Crippen molar-refractivity contribution < 1.29 is 14.3 Å². The first-order valence-corrected chi connectivity index (χ1v) is 14.0. The van der Waals surface area contributed by atoms with Crippen molar-refractivity contribution in [2.45, 2.75) is 57.7 Å². The maximum Gasteiger partial charge on any atom is 0.246 e. The third-order valence-corrected chi connectivity index (χ3v) is 8.54. The lowest BCUT2D eigenvalue weighted by atomic mass is 9.90. The summed E-state index contributed by atoms with van der Waals surface area (Å²) < 4.78 is 5.54. The second-order valence-corrected chi connectivity index (χ2v) is 10.9. The maximum atomic E-state index is 14.0. The Morgan fingerprint density at radius 1 is 1.16 bits per heavy atom. The summed E-state index contributed by atoms with van der Waals surface area (Å²) in [4.78, 5) is 38.4. The van der Waals surface area contributed by atoms with E-state index < -0.39 is 6.04 Å². The molecule has 2 amide bonds. The zero-order valence-corrected chi connectivity index (χ0v) is 22.5. The van der Waals surface area contributed by atoms with Crippen molar-refractivity contribution in [3.63, 3.8) is 0 Å². The Bertz CT molecular complexity index is 1270. The molecule has 2 saturated heterocycles. The number of aromatic nitrogens is 2. The molecule has 3 aromatic rings. The Labute approximate surface area is 221 Å². The Hall–Kier alpha value is -2.88. The standard InChI is InChI=1S/C28H35N5O3S/c1-17-15-21(20-7-4-5-8-22(20)30-17)23-16-37-27(31-23)24-9-6-12-33(24)28(35)25(19-10-13-36-14-11-19)32-26(34)18(2)29-3/h4-5,7-8,15-16,18-19,24-25,29H,6,9-14H2,1-3H3,(H,32,34)/t18-,24-,25-/m0/s1. The van der Waals surface area contributed by atoms with Crippen LogP contribution < -0.4 is 10.6 Å². The predicted octanol–water partition coefficient (Wildman–Crippen LogP) is 3.85. The van der Waals surface area contributed by atoms with Crippen LogP contribution in [0.1, 0.15) is 49.4 Å². The van der Waals surface area contributed by atoms with Gasteiger partial charge in [-0.05, 0) is 64.6 Å². The topological polar surface area (TPSA) is 96.5 Å². The van der Waals surface area contributed by atoms with E-state index in [4.69, 9.17) is 9.72 Å². The van der Waals surface area contributed by atoms with E-state index in [2.05, 4.69) is 33.1 Å². The normalized spacial score (nSPS) is 20.2. The fourth-order valence-electron chi connectivity index (χ4n) is 5.39. The summed E-state index contributed by atoms with van der Waals surface area (Å²) in [6.45, 7) is 5.71. The molecule has 8 nitrogen and oxygen atoms in total. The number of para-hydroxylation sites is 1. The molecule has 37 heavy (non-hydrogen) atoms. The summed E-state index contributed by atoms with van der Waals surface area (Å²) >= 11 is 1.60. The molecule has 0 saturated carbocycles. The van der Waals surface area contributed by atoms with Crippen LogP contribution in [0.15, 0.2) is 35.7 Å². The molecule has 0 radical (unpaired) electrons. The van der Waals surface area contributed by atoms with E-state index in [1.54, 1.807) is 25.3 Å². The van der Waals surface area contributed by atoms with Crippen molar-refractivity contribution >= 4 is 34.1 Å². The van der Waals surface area contributed by atoms with E-state index in [0.717, 1.165) is 58.5 Å². The Morgan fingerprint density at radius 2 is 1.95 bits per heavy atom. The number of nitrogens with zero attached hydrogens (tertiary/aromatic N) is 3. The first-order valence-electron chi connectivity index (χ1n) is 13.1. The second kappa shape index (κ2) is 11.2. The highest BCUT2D eigenvalue weighted by atomic mass is 32.1. The van der Waals surface area contributed by atoms with Gasteiger partial charge in [0.1, 0.15) is 11.0 Å². The van der Waals surface area contributed by atoms with Crippen LogP contribution in [-0.4, -0.2) is 65.6 Å². The number of ether oxygens (including phenoxy) is 1. The van der Waals surface area contributed by atoms with E-state index in [1.807, 2.05) is 30.0 Å². The molecule has 2 aliphatic heterocycles. The quantitative estimate of drug-likeness (QED) is 0.490. The average Bonchev–Trinajstić information content (AvgIpc) is 3.61. The van der Waals surface area contributed by atoms with Crippen LogP contribution in [0.2, 0.25) is 0 Å². The molecule has 2 N–H and O–H groups in total. The van der Waals surface area contributed by atoms with E-state index >= 15 is 0 Å². The lowest BCUT2D eigenvalue weighted by Crippen LogP contribution is -2.56. The predicted molar refractivity (Wildman–Crippen MR) is 145 cm³/mol. The van der Waals surface area contributed by atoms with Gasteiger partial charge in [0.15, 0.2) is 0 Å². The van der Waals surface area contributed by atoms with Crippen molar-refractivity contribution in [1.82, 2.24) is 25.5 Å². The van der Waals surface area contributed by atoms with E-state index in [9.17, 15) is 9.59 Å². The monoisotopic (exact) mass is 521 g/mol. The molecule has 1 aromatic carbocycles. The maximum absolute atomic E-state index is 14.0. The minimum Gasteiger partial charge on any atom is -0.381 e. The first-order chi connectivity index (χ1) is 18.0. The van der Waals surface area contributed by atoms with E-state index in [-0.39, 0.29) is 29.8 Å². The van der Waals surface area contributed by atoms with Gasteiger partial charge in [-0.15, -0.1) is 11.3 Å². The van der Waals surface area contributed by atoms with Gasteiger partial charge in [0.05, 0.1) is 23.3 Å². The number of amides is 2. The number of carbonyl (C=O) groups excluding carboxylic acids is 2. The number of likely N-dealkylation sites (N-methyl/N-ethyl adjacent to an activating group) is 1. The number of rotatable bonds is 7. The molecule has 0 spiro atoms. The first kappa shape index (κ1) is 25.8. The number of carbonyl (C=O) groups is 2. The van der Waals surface area contributed by atoms with Gasteiger partial charge >= 0.3 is 0 Å². The molecule has 9 heteroatoms. The van der Waals surface area contributed by atoms with Crippen molar-refractivity contribution in [2.24, 2.45) is 5.92 Å². The van der Waals surface area contributed by atoms with Crippen LogP contribution >= 0.6 is 11.3 Å². The van der Waals surface area contributed by atoms with Gasteiger partial charge in [-0.1, -0.05) is 18.2 Å². The summed E-state index contributed by atoms with van der Waals surface area (Å²) in [6.07, 6.45) is 3.32. The minimum absolute atomic E-state index is 0.00647. The number of benzene rings is 1. The highest BCUT2D eigenvalue weighted by Gasteiger charge is 2.40. The van der Waals surface area contributed by atoms with Crippen LogP contribution in [0.3, 0.4) is 0 Å². The molecule has 4 heterocycles. The molecule has 196 valence electrons. The summed E-state index contributed by atoms with van der Waals surface area (Å²) in [7, 11) is 1.75. The smallest absolute Gasteiger partial charge is 0.246 e. The number of hydrogen-bond acceptors (Lipinski definition) is 7. The summed E-state index contributed by atoms with van der Waals surface area (Å²) in [6, 6.07) is 9.19. The number of likely N-dealkylation sites (tertiary alicyclic amines) is 1. The van der Waals surface area contributed by atoms with Crippen molar-refractivity contribution in [3.05, 3.63) is 46.4 Å². The van der Waals surface area contributed by atoms with Gasteiger partial charge in [0.2, 0.25) is 11.8 Å². The molecule has 5 rings (SSSR count). The van der Waals surface area contributed by atoms with Gasteiger partial charge in [0.25, 0.3) is 0 Å². The van der Waals surface area contributed by atoms with Gasteiger partial charge in [-0.3, -0.25) is 14.6 Å². The van der Waals surface area contributed by atoms with Crippen molar-refractivity contribution in [2.75, 3.05) is 26.8 Å². The fraction of sp³-hybridized carbons (Fsp3) is 0.500. The molecule has 0 aliphatic carbocycles. The van der Waals surface area contributed by atoms with E-state index in [1.165, 1.54) is 0 Å². The number of nitrogens with one attached hydrogen (secondary N) is 2. The van der Waals surface area contributed by atoms with Gasteiger partial charge in [-0.25, -0.2) is 4.98 Å². The zero-order valence-electron chi connectivity index (χ0n) is 21.7. The lowest BCUT2D eigenvalue weighted by Gasteiger charge is -2.35. The summed E-state index contributed by atoms with van der Waals surface area (Å²) in [5.41, 5.74) is 3.88. The Balaban J connectivity index is 1.41. The molecule has 0 bridgehead atoms. The Morgan fingerprint density at radius 3 is 2.73 bits per heavy atom. The van der Waals surface area contributed by atoms with Crippen LogP contribution in [0.25, 0.3) is 22.2 Å². The highest BCUT2D eigenvalue weighted by Crippen LogP contribution is 2.38. The summed E-state index contributed by atoms with van der Waals surface area (Å²) in [5.74, 6) is -0.0962. The molecule has 2 aliphatic rings. The fourth-order valence-corrected chi connectivity index (χ4v) is 6.35. The number of pyridine rings is 1. The molecular weight excluding hydrogens is 486 g/mol. The van der Waals surface area contributed by atoms with E-state index in [0.29, 0.717) is 19.8 Å². The number of fused-ring (bicyclic) bond motifs is 1. The Kier molecular flexibility index (Phi) is 7.83. The number of thiazole rings is 1. The van der Waals surface area contributed by atoms with Crippen LogP contribution in [0.5, 0.6) is 0 Å². The number of aryl methyl sites for hydroxylation is 1. The second-order valence-electron chi connectivity index (χ2n) is 10.0. The molecule has 2 aromatic heterocycles. The van der Waals surface area contributed by atoms with Crippen molar-refractivity contribution in [3.8, 4) is 11.3 Å². The molecular formula is C28H35N5O3S. The molecule has 0 unspecified atom stereocenters. The largest absolute Gasteiger partial charge is 0.381 e. The average molecular weight is 522 g/mol. The lowest BCUT2D eigenvalue weighted by molar-refractivity contribution is -0.140. The van der Waals surface area contributed by atoms with Gasteiger partial charge < -0.3 is 20.3 Å². The molecule has 3 atom stereocenters. The van der Waals surface area contributed by atoms with Crippen LogP contribution in [-0.2, 0) is 14.3 Å². The molecule has 2 fully saturated rings. The minimum atomic E-state index is -0.556. The van der Waals surface area contributed by atoms with Crippen LogP contribution in [0, 0.1) is 12.8 Å². The van der Waals surface area contributed by atoms with Gasteiger partial charge in [-0.2, -0.15) is 0 Å². The van der Waals surface area contributed by atoms with Crippen LogP contribution in [0.4, 0.5) is 0 Å². The highest BCUT2D eigenvalue weighted by molar-refractivity contribution is 7.10. The SMILES string of the molecule is CN[C@@H](C)C(=O)N[C@H](C(=O)N1CCC[C@H]1c1nc(-c2cc(C)nc3ccccc23)cs1)C1CCOCC1. The third-order valence-electron chi connectivity index (χ3n) is 7.59. The van der Waals surface area contributed by atoms with Crippen molar-refractivity contribution in [1.29, 1.82) is 0 Å².